The fourth-order valence-electron chi connectivity index (χ4n) is 1.43. The van der Waals surface area contributed by atoms with Crippen LogP contribution in [0.3, 0.4) is 0 Å². The third kappa shape index (κ3) is 3.97. The van der Waals surface area contributed by atoms with Crippen LogP contribution < -0.4 is 9.47 Å². The summed E-state index contributed by atoms with van der Waals surface area (Å²) >= 11 is 0. The Balaban J connectivity index is 2.55. The summed E-state index contributed by atoms with van der Waals surface area (Å²) in [5, 5.41) is 9.89. The van der Waals surface area contributed by atoms with E-state index in [9.17, 15) is 5.11 Å². The topological polar surface area (TPSA) is 38.7 Å². The van der Waals surface area contributed by atoms with Crippen molar-refractivity contribution in [1.29, 1.82) is 0 Å². The van der Waals surface area contributed by atoms with Crippen molar-refractivity contribution >= 4 is 0 Å². The molecule has 3 nitrogen and oxygen atoms in total. The zero-order valence-corrected chi connectivity index (χ0v) is 11.1. The molecule has 0 aliphatic carbocycles. The normalized spacial score (nSPS) is 12.6. The lowest BCUT2D eigenvalue weighted by Crippen LogP contribution is -2.34. The summed E-state index contributed by atoms with van der Waals surface area (Å²) in [6.07, 6.45) is 4.96. The molecule has 0 aliphatic rings. The second-order valence-corrected chi connectivity index (χ2v) is 4.88. The van der Waals surface area contributed by atoms with Crippen molar-refractivity contribution in [3.05, 3.63) is 24.3 Å². The maximum atomic E-state index is 9.89. The van der Waals surface area contributed by atoms with Gasteiger partial charge in [-0.3, -0.25) is 0 Å². The molecule has 0 saturated carbocycles. The van der Waals surface area contributed by atoms with E-state index >= 15 is 0 Å². The van der Waals surface area contributed by atoms with Gasteiger partial charge in [0.15, 0.2) is 0 Å². The SMILES string of the molecule is C#CCC(O)C(C)(C)COc1ccc(OC)cc1. The largest absolute Gasteiger partial charge is 0.497 e. The van der Waals surface area contributed by atoms with Gasteiger partial charge in [-0.25, -0.2) is 0 Å². The third-order valence-corrected chi connectivity index (χ3v) is 2.88. The van der Waals surface area contributed by atoms with Crippen LogP contribution in [0.1, 0.15) is 20.3 Å². The average molecular weight is 248 g/mol. The van der Waals surface area contributed by atoms with Gasteiger partial charge in [0.25, 0.3) is 0 Å². The van der Waals surface area contributed by atoms with Crippen LogP contribution in [0.4, 0.5) is 0 Å². The third-order valence-electron chi connectivity index (χ3n) is 2.88. The highest BCUT2D eigenvalue weighted by molar-refractivity contribution is 5.31. The van der Waals surface area contributed by atoms with Crippen molar-refractivity contribution in [3.8, 4) is 23.8 Å². The fourth-order valence-corrected chi connectivity index (χ4v) is 1.43. The molecule has 1 aromatic carbocycles. The number of terminal acetylenes is 1. The molecular formula is C15H20O3. The highest BCUT2D eigenvalue weighted by Gasteiger charge is 2.28. The van der Waals surface area contributed by atoms with Crippen LogP contribution in [-0.4, -0.2) is 24.9 Å². The first kappa shape index (κ1) is 14.4. The predicted octanol–water partition coefficient (Wildman–Crippen LogP) is 2.48. The molecule has 0 aromatic heterocycles. The van der Waals surface area contributed by atoms with Crippen LogP contribution in [-0.2, 0) is 0 Å². The van der Waals surface area contributed by atoms with Gasteiger partial charge < -0.3 is 14.6 Å². The van der Waals surface area contributed by atoms with E-state index in [1.807, 2.05) is 38.1 Å². The van der Waals surface area contributed by atoms with E-state index in [0.717, 1.165) is 11.5 Å². The minimum absolute atomic E-state index is 0.332. The van der Waals surface area contributed by atoms with Crippen LogP contribution in [0.2, 0.25) is 0 Å². The lowest BCUT2D eigenvalue weighted by atomic mass is 9.86. The first-order valence-corrected chi connectivity index (χ1v) is 5.88. The van der Waals surface area contributed by atoms with Gasteiger partial charge in [0.05, 0.1) is 19.8 Å². The number of benzene rings is 1. The molecular weight excluding hydrogens is 228 g/mol. The van der Waals surface area contributed by atoms with E-state index in [2.05, 4.69) is 5.92 Å². The number of aliphatic hydroxyl groups is 1. The molecule has 1 aromatic rings. The summed E-state index contributed by atoms with van der Waals surface area (Å²) in [4.78, 5) is 0. The van der Waals surface area contributed by atoms with Crippen LogP contribution in [0.15, 0.2) is 24.3 Å². The van der Waals surface area contributed by atoms with Crippen molar-refractivity contribution < 1.29 is 14.6 Å². The molecule has 18 heavy (non-hydrogen) atoms. The summed E-state index contributed by atoms with van der Waals surface area (Å²) in [7, 11) is 1.62. The maximum Gasteiger partial charge on any atom is 0.119 e. The Hall–Kier alpha value is -1.66. The van der Waals surface area contributed by atoms with Crippen molar-refractivity contribution in [3.63, 3.8) is 0 Å². The van der Waals surface area contributed by atoms with E-state index in [0.29, 0.717) is 13.0 Å². The molecule has 3 heteroatoms. The molecule has 0 heterocycles. The summed E-state index contributed by atoms with van der Waals surface area (Å²) in [6.45, 7) is 4.26. The Kier molecular flexibility index (Phi) is 5.06. The first-order valence-electron chi connectivity index (χ1n) is 5.88. The molecule has 0 fully saturated rings. The first-order chi connectivity index (χ1) is 8.49. The van der Waals surface area contributed by atoms with Crippen LogP contribution in [0.25, 0.3) is 0 Å². The van der Waals surface area contributed by atoms with Crippen molar-refractivity contribution in [2.75, 3.05) is 13.7 Å². The lowest BCUT2D eigenvalue weighted by Gasteiger charge is -2.29. The van der Waals surface area contributed by atoms with E-state index in [1.165, 1.54) is 0 Å². The van der Waals surface area contributed by atoms with E-state index < -0.39 is 6.10 Å². The Morgan fingerprint density at radius 2 is 1.83 bits per heavy atom. The summed E-state index contributed by atoms with van der Waals surface area (Å²) < 4.78 is 10.7. The van der Waals surface area contributed by atoms with E-state index in [4.69, 9.17) is 15.9 Å². The maximum absolute atomic E-state index is 9.89. The van der Waals surface area contributed by atoms with Gasteiger partial charge >= 0.3 is 0 Å². The highest BCUT2D eigenvalue weighted by Crippen LogP contribution is 2.25. The zero-order chi connectivity index (χ0) is 13.6. The molecule has 0 saturated heterocycles. The Morgan fingerprint density at radius 3 is 2.33 bits per heavy atom. The molecule has 0 amide bonds. The molecule has 0 radical (unpaired) electrons. The predicted molar refractivity (Wildman–Crippen MR) is 71.7 cm³/mol. The standard InChI is InChI=1S/C15H20O3/c1-5-6-14(16)15(2,3)11-18-13-9-7-12(17-4)8-10-13/h1,7-10,14,16H,6,11H2,2-4H3. The highest BCUT2D eigenvalue weighted by atomic mass is 16.5. The molecule has 98 valence electrons. The quantitative estimate of drug-likeness (QED) is 0.786. The second-order valence-electron chi connectivity index (χ2n) is 4.88. The number of ether oxygens (including phenoxy) is 2. The van der Waals surface area contributed by atoms with Crippen molar-refractivity contribution in [2.45, 2.75) is 26.4 Å². The number of aliphatic hydroxyl groups excluding tert-OH is 1. The van der Waals surface area contributed by atoms with Gasteiger partial charge in [-0.15, -0.1) is 12.3 Å². The summed E-state index contributed by atoms with van der Waals surface area (Å²) in [5.74, 6) is 4.00. The molecule has 0 aliphatic heterocycles. The summed E-state index contributed by atoms with van der Waals surface area (Å²) in [5.41, 5.74) is -0.383. The molecule has 1 atom stereocenters. The summed E-state index contributed by atoms with van der Waals surface area (Å²) in [6, 6.07) is 7.34. The van der Waals surface area contributed by atoms with E-state index in [1.54, 1.807) is 7.11 Å². The minimum Gasteiger partial charge on any atom is -0.497 e. The molecule has 1 unspecified atom stereocenters. The van der Waals surface area contributed by atoms with Crippen LogP contribution in [0, 0.1) is 17.8 Å². The number of hydrogen-bond acceptors (Lipinski definition) is 3. The number of rotatable bonds is 6. The van der Waals surface area contributed by atoms with Crippen molar-refractivity contribution in [1.82, 2.24) is 0 Å². The van der Waals surface area contributed by atoms with Crippen LogP contribution in [0.5, 0.6) is 11.5 Å². The smallest absolute Gasteiger partial charge is 0.119 e. The van der Waals surface area contributed by atoms with E-state index in [-0.39, 0.29) is 5.41 Å². The van der Waals surface area contributed by atoms with Gasteiger partial charge in [0.2, 0.25) is 0 Å². The van der Waals surface area contributed by atoms with Gasteiger partial charge in [-0.1, -0.05) is 13.8 Å². The second kappa shape index (κ2) is 6.32. The van der Waals surface area contributed by atoms with Gasteiger partial charge in [0, 0.05) is 11.8 Å². The number of hydrogen-bond donors (Lipinski definition) is 1. The Bertz CT molecular complexity index is 401. The zero-order valence-electron chi connectivity index (χ0n) is 11.1. The molecule has 1 N–H and O–H groups in total. The van der Waals surface area contributed by atoms with Crippen molar-refractivity contribution in [2.24, 2.45) is 5.41 Å². The van der Waals surface area contributed by atoms with Gasteiger partial charge in [-0.2, -0.15) is 0 Å². The van der Waals surface area contributed by atoms with Gasteiger partial charge in [-0.05, 0) is 24.3 Å². The monoisotopic (exact) mass is 248 g/mol. The fraction of sp³-hybridized carbons (Fsp3) is 0.467. The number of methoxy groups -OCH3 is 1. The van der Waals surface area contributed by atoms with Crippen LogP contribution >= 0.6 is 0 Å². The minimum atomic E-state index is -0.569. The average Bonchev–Trinajstić information content (AvgIpc) is 2.37. The molecule has 0 spiro atoms. The Labute approximate surface area is 109 Å². The van der Waals surface area contributed by atoms with Gasteiger partial charge in [0.1, 0.15) is 11.5 Å². The Morgan fingerprint density at radius 1 is 1.28 bits per heavy atom. The molecule has 1 rings (SSSR count). The molecule has 0 bridgehead atoms. The lowest BCUT2D eigenvalue weighted by molar-refractivity contribution is 0.0192.